The van der Waals surface area contributed by atoms with Crippen LogP contribution in [0.15, 0.2) is 18.2 Å². The zero-order valence-corrected chi connectivity index (χ0v) is 11.4. The maximum atomic E-state index is 13.2. The molecule has 0 saturated carbocycles. The number of phenolic OH excluding ortho intramolecular Hbond substituents is 1. The highest BCUT2D eigenvalue weighted by molar-refractivity contribution is 6.00. The fourth-order valence-corrected chi connectivity index (χ4v) is 2.83. The summed E-state index contributed by atoms with van der Waals surface area (Å²) in [6, 6.07) is 4.27. The summed E-state index contributed by atoms with van der Waals surface area (Å²) in [7, 11) is 0. The predicted octanol–water partition coefficient (Wildman–Crippen LogP) is 2.98. The minimum atomic E-state index is -0.498. The molecule has 4 heteroatoms. The number of carbonyl (C=O) groups excluding carboxylic acids is 1. The van der Waals surface area contributed by atoms with Crippen molar-refractivity contribution >= 4 is 5.78 Å². The first-order valence-electron chi connectivity index (χ1n) is 6.80. The van der Waals surface area contributed by atoms with Crippen molar-refractivity contribution < 1.29 is 14.3 Å². The van der Waals surface area contributed by atoms with Gasteiger partial charge in [0.15, 0.2) is 5.78 Å². The van der Waals surface area contributed by atoms with Gasteiger partial charge in [-0.25, -0.2) is 4.39 Å². The smallest absolute Gasteiger partial charge is 0.180 e. The van der Waals surface area contributed by atoms with Crippen LogP contribution in [-0.2, 0) is 0 Å². The van der Waals surface area contributed by atoms with Crippen LogP contribution in [0, 0.1) is 5.82 Å². The van der Waals surface area contributed by atoms with Crippen molar-refractivity contribution in [1.29, 1.82) is 0 Å². The van der Waals surface area contributed by atoms with E-state index in [-0.39, 0.29) is 23.6 Å². The molecule has 0 aromatic heterocycles. The Morgan fingerprint density at radius 2 is 2.21 bits per heavy atom. The number of hydrogen-bond donors (Lipinski definition) is 1. The summed E-state index contributed by atoms with van der Waals surface area (Å²) in [6.45, 7) is 4.46. The van der Waals surface area contributed by atoms with Gasteiger partial charge in [0, 0.05) is 12.1 Å². The number of phenols is 1. The highest BCUT2D eigenvalue weighted by atomic mass is 19.1. The van der Waals surface area contributed by atoms with Gasteiger partial charge in [-0.1, -0.05) is 6.92 Å². The summed E-state index contributed by atoms with van der Waals surface area (Å²) in [5.74, 6) is -0.863. The first-order valence-corrected chi connectivity index (χ1v) is 6.80. The van der Waals surface area contributed by atoms with Crippen LogP contribution in [0.5, 0.6) is 5.75 Å². The molecule has 2 rings (SSSR count). The van der Waals surface area contributed by atoms with Crippen LogP contribution < -0.4 is 0 Å². The standard InChI is InChI=1S/C15H20FNO2/c1-3-12-6-4-10(2)17(12)9-15(19)13-8-11(16)5-7-14(13)18/h5,7-8,10,12,18H,3-4,6,9H2,1-2H3. The molecule has 2 unspecified atom stereocenters. The maximum Gasteiger partial charge on any atom is 0.180 e. The molecule has 19 heavy (non-hydrogen) atoms. The summed E-state index contributed by atoms with van der Waals surface area (Å²) in [5, 5.41) is 9.66. The lowest BCUT2D eigenvalue weighted by molar-refractivity contribution is 0.0886. The van der Waals surface area contributed by atoms with E-state index in [9.17, 15) is 14.3 Å². The number of aromatic hydroxyl groups is 1. The molecule has 0 radical (unpaired) electrons. The zero-order valence-electron chi connectivity index (χ0n) is 11.4. The molecule has 1 heterocycles. The van der Waals surface area contributed by atoms with Crippen molar-refractivity contribution in [3.05, 3.63) is 29.6 Å². The quantitative estimate of drug-likeness (QED) is 0.851. The van der Waals surface area contributed by atoms with Gasteiger partial charge < -0.3 is 5.11 Å². The van der Waals surface area contributed by atoms with Crippen molar-refractivity contribution in [3.8, 4) is 5.75 Å². The third kappa shape index (κ3) is 2.95. The third-order valence-electron chi connectivity index (χ3n) is 4.01. The van der Waals surface area contributed by atoms with E-state index in [1.54, 1.807) is 0 Å². The van der Waals surface area contributed by atoms with E-state index in [1.807, 2.05) is 0 Å². The van der Waals surface area contributed by atoms with Gasteiger partial charge in [-0.3, -0.25) is 9.69 Å². The molecule has 0 aliphatic carbocycles. The Balaban J connectivity index is 2.14. The van der Waals surface area contributed by atoms with Crippen molar-refractivity contribution in [1.82, 2.24) is 4.90 Å². The average Bonchev–Trinajstić information content (AvgIpc) is 2.73. The highest BCUT2D eigenvalue weighted by Crippen LogP contribution is 2.27. The Labute approximate surface area is 113 Å². The van der Waals surface area contributed by atoms with Gasteiger partial charge >= 0.3 is 0 Å². The van der Waals surface area contributed by atoms with E-state index in [2.05, 4.69) is 18.7 Å². The number of carbonyl (C=O) groups is 1. The van der Waals surface area contributed by atoms with Gasteiger partial charge in [-0.2, -0.15) is 0 Å². The summed E-state index contributed by atoms with van der Waals surface area (Å²) in [6.07, 6.45) is 3.19. The summed E-state index contributed by atoms with van der Waals surface area (Å²) < 4.78 is 13.2. The lowest BCUT2D eigenvalue weighted by Crippen LogP contribution is -2.38. The fourth-order valence-electron chi connectivity index (χ4n) is 2.83. The van der Waals surface area contributed by atoms with E-state index in [1.165, 1.54) is 6.07 Å². The minimum absolute atomic E-state index is 0.0777. The molecule has 1 N–H and O–H groups in total. The molecule has 1 aliphatic rings. The maximum absolute atomic E-state index is 13.2. The molecule has 1 aliphatic heterocycles. The number of Topliss-reactive ketones (excluding diaryl/α,β-unsaturated/α-hetero) is 1. The average molecular weight is 265 g/mol. The first kappa shape index (κ1) is 14.0. The molecule has 0 spiro atoms. The molecule has 1 aromatic carbocycles. The van der Waals surface area contributed by atoms with Gasteiger partial charge in [-0.05, 0) is 44.4 Å². The van der Waals surface area contributed by atoms with Gasteiger partial charge in [0.2, 0.25) is 0 Å². The number of hydrogen-bond acceptors (Lipinski definition) is 3. The molecule has 1 fully saturated rings. The van der Waals surface area contributed by atoms with Crippen molar-refractivity contribution in [2.45, 2.75) is 45.2 Å². The lowest BCUT2D eigenvalue weighted by atomic mass is 10.1. The molecule has 1 aromatic rings. The molecular weight excluding hydrogens is 245 g/mol. The Morgan fingerprint density at radius 3 is 2.89 bits per heavy atom. The number of likely N-dealkylation sites (tertiary alicyclic amines) is 1. The molecule has 0 amide bonds. The fraction of sp³-hybridized carbons (Fsp3) is 0.533. The predicted molar refractivity (Wildman–Crippen MR) is 71.9 cm³/mol. The second-order valence-electron chi connectivity index (χ2n) is 5.25. The summed E-state index contributed by atoms with van der Waals surface area (Å²) in [5.41, 5.74) is 0.0777. The number of halogens is 1. The van der Waals surface area contributed by atoms with Crippen LogP contribution in [0.2, 0.25) is 0 Å². The van der Waals surface area contributed by atoms with Gasteiger partial charge in [0.25, 0.3) is 0 Å². The minimum Gasteiger partial charge on any atom is -0.507 e. The highest BCUT2D eigenvalue weighted by Gasteiger charge is 2.31. The molecule has 2 atom stereocenters. The van der Waals surface area contributed by atoms with E-state index >= 15 is 0 Å². The molecule has 1 saturated heterocycles. The van der Waals surface area contributed by atoms with Crippen LogP contribution in [0.4, 0.5) is 4.39 Å². The molecule has 3 nitrogen and oxygen atoms in total. The van der Waals surface area contributed by atoms with E-state index in [4.69, 9.17) is 0 Å². The molecular formula is C15H20FNO2. The second-order valence-corrected chi connectivity index (χ2v) is 5.25. The number of rotatable bonds is 4. The van der Waals surface area contributed by atoms with Crippen LogP contribution in [0.25, 0.3) is 0 Å². The Bertz CT molecular complexity index is 475. The topological polar surface area (TPSA) is 40.5 Å². The number of ketones is 1. The van der Waals surface area contributed by atoms with Crippen LogP contribution >= 0.6 is 0 Å². The monoisotopic (exact) mass is 265 g/mol. The van der Waals surface area contributed by atoms with Crippen molar-refractivity contribution in [2.75, 3.05) is 6.54 Å². The van der Waals surface area contributed by atoms with Crippen LogP contribution in [-0.4, -0.2) is 34.4 Å². The summed E-state index contributed by atoms with van der Waals surface area (Å²) in [4.78, 5) is 14.4. The van der Waals surface area contributed by atoms with Crippen molar-refractivity contribution in [3.63, 3.8) is 0 Å². The Morgan fingerprint density at radius 1 is 1.47 bits per heavy atom. The normalized spacial score (nSPS) is 23.7. The number of benzene rings is 1. The van der Waals surface area contributed by atoms with E-state index < -0.39 is 5.82 Å². The van der Waals surface area contributed by atoms with E-state index in [0.29, 0.717) is 12.1 Å². The van der Waals surface area contributed by atoms with Crippen molar-refractivity contribution in [2.24, 2.45) is 0 Å². The third-order valence-corrected chi connectivity index (χ3v) is 4.01. The van der Waals surface area contributed by atoms with Gasteiger partial charge in [0.1, 0.15) is 11.6 Å². The van der Waals surface area contributed by atoms with Gasteiger partial charge in [0.05, 0.1) is 12.1 Å². The largest absolute Gasteiger partial charge is 0.507 e. The van der Waals surface area contributed by atoms with Crippen LogP contribution in [0.3, 0.4) is 0 Å². The lowest BCUT2D eigenvalue weighted by Gasteiger charge is -2.26. The van der Waals surface area contributed by atoms with Crippen LogP contribution in [0.1, 0.15) is 43.5 Å². The molecule has 104 valence electrons. The Kier molecular flexibility index (Phi) is 4.20. The zero-order chi connectivity index (χ0) is 14.0. The first-order chi connectivity index (χ1) is 9.02. The SMILES string of the molecule is CCC1CCC(C)N1CC(=O)c1cc(F)ccc1O. The Hall–Kier alpha value is -1.42. The number of nitrogens with zero attached hydrogens (tertiary/aromatic N) is 1. The van der Waals surface area contributed by atoms with E-state index in [0.717, 1.165) is 31.4 Å². The van der Waals surface area contributed by atoms with Gasteiger partial charge in [-0.15, -0.1) is 0 Å². The summed E-state index contributed by atoms with van der Waals surface area (Å²) >= 11 is 0. The molecule has 0 bridgehead atoms. The second kappa shape index (κ2) is 5.70.